The van der Waals surface area contributed by atoms with Crippen molar-refractivity contribution in [3.63, 3.8) is 0 Å². The second kappa shape index (κ2) is 10.8. The van der Waals surface area contributed by atoms with E-state index < -0.39 is 18.5 Å². The van der Waals surface area contributed by atoms with E-state index in [0.717, 1.165) is 0 Å². The second-order valence-electron chi connectivity index (χ2n) is 6.94. The van der Waals surface area contributed by atoms with E-state index in [1.807, 2.05) is 18.2 Å². The highest BCUT2D eigenvalue weighted by atomic mass is 16.5. The summed E-state index contributed by atoms with van der Waals surface area (Å²) in [4.78, 5) is 39.4. The van der Waals surface area contributed by atoms with Crippen molar-refractivity contribution in [1.82, 2.24) is 0 Å². The van der Waals surface area contributed by atoms with Gasteiger partial charge in [0.1, 0.15) is 0 Å². The normalized spacial score (nSPS) is 10.2. The zero-order valence-electron chi connectivity index (χ0n) is 18.5. The fourth-order valence-electron chi connectivity index (χ4n) is 3.12. The third-order valence-corrected chi connectivity index (χ3v) is 4.83. The Morgan fingerprint density at radius 1 is 0.818 bits per heavy atom. The predicted molar refractivity (Wildman–Crippen MR) is 124 cm³/mol. The lowest BCUT2D eigenvalue weighted by atomic mass is 10.1. The number of methoxy groups -OCH3 is 2. The quantitative estimate of drug-likeness (QED) is 0.527. The van der Waals surface area contributed by atoms with Crippen molar-refractivity contribution in [2.75, 3.05) is 38.1 Å². The van der Waals surface area contributed by atoms with E-state index in [-0.39, 0.29) is 17.0 Å². The van der Waals surface area contributed by atoms with Crippen LogP contribution in [0.4, 0.5) is 11.4 Å². The third kappa shape index (κ3) is 5.68. The molecule has 0 radical (unpaired) electrons. The van der Waals surface area contributed by atoms with Crippen molar-refractivity contribution >= 4 is 29.2 Å². The molecule has 8 nitrogen and oxygen atoms in total. The fourth-order valence-corrected chi connectivity index (χ4v) is 3.12. The molecule has 3 aromatic rings. The third-order valence-electron chi connectivity index (χ3n) is 4.83. The number of nitrogens with zero attached hydrogens (tertiary/aromatic N) is 1. The SMILES string of the molecule is COc1ccc(NC(=O)COC(=O)c2ccccc2C(=O)N(C)c2ccccc2)cc1OC. The molecule has 3 aromatic carbocycles. The number of hydrogen-bond acceptors (Lipinski definition) is 6. The largest absolute Gasteiger partial charge is 0.493 e. The number of benzene rings is 3. The van der Waals surface area contributed by atoms with Gasteiger partial charge in [0.2, 0.25) is 0 Å². The van der Waals surface area contributed by atoms with Gasteiger partial charge < -0.3 is 24.4 Å². The maximum atomic E-state index is 13.0. The first-order chi connectivity index (χ1) is 15.9. The van der Waals surface area contributed by atoms with Crippen LogP contribution in [0.2, 0.25) is 0 Å². The summed E-state index contributed by atoms with van der Waals surface area (Å²) in [5, 5.41) is 2.62. The Kier molecular flexibility index (Phi) is 7.64. The van der Waals surface area contributed by atoms with Gasteiger partial charge in [-0.15, -0.1) is 0 Å². The Balaban J connectivity index is 1.66. The van der Waals surface area contributed by atoms with E-state index >= 15 is 0 Å². The minimum absolute atomic E-state index is 0.0733. The average Bonchev–Trinajstić information content (AvgIpc) is 2.86. The van der Waals surface area contributed by atoms with Crippen LogP contribution >= 0.6 is 0 Å². The minimum atomic E-state index is -0.775. The number of nitrogens with one attached hydrogen (secondary N) is 1. The molecular weight excluding hydrogens is 424 g/mol. The molecular formula is C25H24N2O6. The molecule has 0 spiro atoms. The molecule has 3 rings (SSSR count). The van der Waals surface area contributed by atoms with Gasteiger partial charge in [-0.3, -0.25) is 9.59 Å². The number of esters is 1. The summed E-state index contributed by atoms with van der Waals surface area (Å²) in [6.45, 7) is -0.524. The summed E-state index contributed by atoms with van der Waals surface area (Å²) >= 11 is 0. The van der Waals surface area contributed by atoms with Gasteiger partial charge in [0.05, 0.1) is 25.3 Å². The molecule has 0 aliphatic rings. The summed E-state index contributed by atoms with van der Waals surface area (Å²) in [6, 6.07) is 20.2. The predicted octanol–water partition coefficient (Wildman–Crippen LogP) is 3.78. The molecule has 0 bridgehead atoms. The van der Waals surface area contributed by atoms with Crippen LogP contribution < -0.4 is 19.7 Å². The topological polar surface area (TPSA) is 94.2 Å². The molecule has 33 heavy (non-hydrogen) atoms. The highest BCUT2D eigenvalue weighted by molar-refractivity contribution is 6.12. The molecule has 0 heterocycles. The molecule has 0 aliphatic heterocycles. The summed E-state index contributed by atoms with van der Waals surface area (Å²) < 4.78 is 15.5. The number of ether oxygens (including phenoxy) is 3. The van der Waals surface area contributed by atoms with Crippen LogP contribution in [0.5, 0.6) is 11.5 Å². The van der Waals surface area contributed by atoms with Gasteiger partial charge in [-0.1, -0.05) is 30.3 Å². The molecule has 0 saturated carbocycles. The van der Waals surface area contributed by atoms with Crippen molar-refractivity contribution < 1.29 is 28.6 Å². The summed E-state index contributed by atoms with van der Waals surface area (Å²) in [7, 11) is 4.62. The molecule has 1 N–H and O–H groups in total. The van der Waals surface area contributed by atoms with Crippen molar-refractivity contribution in [3.8, 4) is 11.5 Å². The Hall–Kier alpha value is -4.33. The van der Waals surface area contributed by atoms with Crippen molar-refractivity contribution in [2.45, 2.75) is 0 Å². The molecule has 8 heteroatoms. The van der Waals surface area contributed by atoms with E-state index in [1.54, 1.807) is 55.6 Å². The molecule has 2 amide bonds. The lowest BCUT2D eigenvalue weighted by Crippen LogP contribution is -2.28. The minimum Gasteiger partial charge on any atom is -0.493 e. The molecule has 0 unspecified atom stereocenters. The van der Waals surface area contributed by atoms with Crippen molar-refractivity contribution in [1.29, 1.82) is 0 Å². The average molecular weight is 448 g/mol. The van der Waals surface area contributed by atoms with Gasteiger partial charge in [-0.05, 0) is 36.4 Å². The zero-order valence-corrected chi connectivity index (χ0v) is 18.5. The molecule has 0 aromatic heterocycles. The highest BCUT2D eigenvalue weighted by Gasteiger charge is 2.22. The van der Waals surface area contributed by atoms with Crippen molar-refractivity contribution in [3.05, 3.63) is 83.9 Å². The van der Waals surface area contributed by atoms with Crippen LogP contribution in [0, 0.1) is 0 Å². The first kappa shape index (κ1) is 23.3. The molecule has 0 fully saturated rings. The second-order valence-corrected chi connectivity index (χ2v) is 6.94. The van der Waals surface area contributed by atoms with Crippen LogP contribution in [-0.2, 0) is 9.53 Å². The molecule has 0 aliphatic carbocycles. The number of hydrogen-bond donors (Lipinski definition) is 1. The molecule has 0 atom stereocenters. The Morgan fingerprint density at radius 3 is 2.12 bits per heavy atom. The van der Waals surface area contributed by atoms with Gasteiger partial charge in [-0.25, -0.2) is 4.79 Å². The molecule has 0 saturated heterocycles. The van der Waals surface area contributed by atoms with E-state index in [1.165, 1.54) is 25.2 Å². The number of rotatable bonds is 8. The lowest BCUT2D eigenvalue weighted by Gasteiger charge is -2.18. The number of carbonyl (C=O) groups is 3. The standard InChI is InChI=1S/C25H24N2O6/c1-27(18-9-5-4-6-10-18)24(29)19-11-7-8-12-20(19)25(30)33-16-23(28)26-17-13-14-21(31-2)22(15-17)32-3/h4-15H,16H2,1-3H3,(H,26,28). The molecule has 170 valence electrons. The van der Waals surface area contributed by atoms with Gasteiger partial charge in [0.15, 0.2) is 18.1 Å². The zero-order chi connectivity index (χ0) is 23.8. The van der Waals surface area contributed by atoms with Gasteiger partial charge in [0.25, 0.3) is 11.8 Å². The van der Waals surface area contributed by atoms with Crippen LogP contribution in [-0.4, -0.2) is 45.7 Å². The monoisotopic (exact) mass is 448 g/mol. The van der Waals surface area contributed by atoms with Gasteiger partial charge in [-0.2, -0.15) is 0 Å². The summed E-state index contributed by atoms with van der Waals surface area (Å²) in [5.74, 6) is -0.724. The Morgan fingerprint density at radius 2 is 1.45 bits per heavy atom. The number of para-hydroxylation sites is 1. The number of amides is 2. The smallest absolute Gasteiger partial charge is 0.339 e. The van der Waals surface area contributed by atoms with Gasteiger partial charge >= 0.3 is 5.97 Å². The summed E-state index contributed by atoms with van der Waals surface area (Å²) in [5.41, 5.74) is 1.38. The Labute approximate surface area is 191 Å². The van der Waals surface area contributed by atoms with E-state index in [4.69, 9.17) is 14.2 Å². The lowest BCUT2D eigenvalue weighted by molar-refractivity contribution is -0.119. The van der Waals surface area contributed by atoms with Crippen LogP contribution in [0.25, 0.3) is 0 Å². The Bertz CT molecular complexity index is 1150. The maximum Gasteiger partial charge on any atom is 0.339 e. The van der Waals surface area contributed by atoms with Crippen LogP contribution in [0.15, 0.2) is 72.8 Å². The number of carbonyl (C=O) groups excluding carboxylic acids is 3. The number of anilines is 2. The van der Waals surface area contributed by atoms with Crippen molar-refractivity contribution in [2.24, 2.45) is 0 Å². The maximum absolute atomic E-state index is 13.0. The van der Waals surface area contributed by atoms with Crippen LogP contribution in [0.1, 0.15) is 20.7 Å². The highest BCUT2D eigenvalue weighted by Crippen LogP contribution is 2.29. The fraction of sp³-hybridized carbons (Fsp3) is 0.160. The van der Waals surface area contributed by atoms with Crippen LogP contribution in [0.3, 0.4) is 0 Å². The first-order valence-electron chi connectivity index (χ1n) is 10.1. The van der Waals surface area contributed by atoms with E-state index in [0.29, 0.717) is 22.9 Å². The van der Waals surface area contributed by atoms with E-state index in [2.05, 4.69) is 5.32 Å². The van der Waals surface area contributed by atoms with Gasteiger partial charge in [0, 0.05) is 24.5 Å². The summed E-state index contributed by atoms with van der Waals surface area (Å²) in [6.07, 6.45) is 0. The van der Waals surface area contributed by atoms with E-state index in [9.17, 15) is 14.4 Å². The first-order valence-corrected chi connectivity index (χ1v) is 10.1.